The van der Waals surface area contributed by atoms with Crippen LogP contribution in [0.25, 0.3) is 0 Å². The number of imide groups is 1. The van der Waals surface area contributed by atoms with E-state index >= 15 is 0 Å². The van der Waals surface area contributed by atoms with Gasteiger partial charge in [-0.3, -0.25) is 14.5 Å². The van der Waals surface area contributed by atoms with Crippen LogP contribution in [0.15, 0.2) is 24.3 Å². The van der Waals surface area contributed by atoms with Crippen molar-refractivity contribution in [3.8, 4) is 0 Å². The summed E-state index contributed by atoms with van der Waals surface area (Å²) in [5, 5.41) is 13.0. The molecule has 2 rings (SSSR count). The van der Waals surface area contributed by atoms with E-state index in [-0.39, 0.29) is 12.5 Å². The SMILES string of the molecule is CC(=O)N(C)C=O.Cc1c(N(C)C)nc(NCCCCO)n1Cc1ccccc1Cl. The number of hydrogen-bond donors (Lipinski definition) is 2. The summed E-state index contributed by atoms with van der Waals surface area (Å²) < 4.78 is 2.15. The molecule has 0 spiro atoms. The van der Waals surface area contributed by atoms with Crippen molar-refractivity contribution in [2.45, 2.75) is 33.2 Å². The molecule has 0 fully saturated rings. The van der Waals surface area contributed by atoms with Gasteiger partial charge in [-0.05, 0) is 31.4 Å². The number of nitrogens with zero attached hydrogens (tertiary/aromatic N) is 4. The molecule has 30 heavy (non-hydrogen) atoms. The summed E-state index contributed by atoms with van der Waals surface area (Å²) in [4.78, 5) is 27.4. The third-order valence-corrected chi connectivity index (χ3v) is 4.80. The van der Waals surface area contributed by atoms with Crippen molar-refractivity contribution in [1.29, 1.82) is 0 Å². The predicted molar refractivity (Wildman–Crippen MR) is 121 cm³/mol. The fraction of sp³-hybridized carbons (Fsp3) is 0.476. The zero-order valence-electron chi connectivity index (χ0n) is 18.4. The molecule has 2 N–H and O–H groups in total. The Morgan fingerprint density at radius 1 is 1.27 bits per heavy atom. The van der Waals surface area contributed by atoms with Crippen LogP contribution in [0.1, 0.15) is 31.0 Å². The van der Waals surface area contributed by atoms with Crippen LogP contribution in [0.4, 0.5) is 11.8 Å². The molecule has 0 bridgehead atoms. The predicted octanol–water partition coefficient (Wildman–Crippen LogP) is 2.76. The molecule has 1 aromatic heterocycles. The number of unbranched alkanes of at least 4 members (excludes halogenated alkanes) is 1. The van der Waals surface area contributed by atoms with E-state index in [0.29, 0.717) is 13.0 Å². The Balaban J connectivity index is 0.000000553. The van der Waals surface area contributed by atoms with Crippen LogP contribution < -0.4 is 10.2 Å². The number of carbonyl (C=O) groups excluding carboxylic acids is 2. The van der Waals surface area contributed by atoms with Crippen LogP contribution in [0, 0.1) is 6.92 Å². The van der Waals surface area contributed by atoms with E-state index in [4.69, 9.17) is 21.7 Å². The molecular formula is C21H32ClN5O3. The minimum Gasteiger partial charge on any atom is -0.396 e. The van der Waals surface area contributed by atoms with Gasteiger partial charge in [0, 0.05) is 46.2 Å². The highest BCUT2D eigenvalue weighted by molar-refractivity contribution is 6.31. The van der Waals surface area contributed by atoms with E-state index in [1.54, 1.807) is 0 Å². The number of nitrogens with one attached hydrogen (secondary N) is 1. The number of aliphatic hydroxyl groups excluding tert-OH is 1. The van der Waals surface area contributed by atoms with Crippen LogP contribution in [0.3, 0.4) is 0 Å². The maximum absolute atomic E-state index is 10.1. The van der Waals surface area contributed by atoms with Gasteiger partial charge in [0.2, 0.25) is 18.3 Å². The molecule has 2 amide bonds. The molecule has 0 radical (unpaired) electrons. The zero-order chi connectivity index (χ0) is 22.7. The average Bonchev–Trinajstić information content (AvgIpc) is 3.02. The largest absolute Gasteiger partial charge is 0.396 e. The second-order valence-corrected chi connectivity index (χ2v) is 7.42. The molecule has 166 valence electrons. The standard InChI is InChI=1S/C17H25ClN4O.C4H7NO2/c1-13-16(21(2)3)20-17(19-10-6-7-11-23)22(13)12-14-8-4-5-9-15(14)18;1-4(7)5(2)3-6/h4-5,8-9,23H,6-7,10-12H2,1-3H3,(H,19,20);3H,1-2H3. The number of aromatic nitrogens is 2. The summed E-state index contributed by atoms with van der Waals surface area (Å²) in [6, 6.07) is 7.87. The van der Waals surface area contributed by atoms with Crippen LogP contribution in [-0.2, 0) is 16.1 Å². The van der Waals surface area contributed by atoms with E-state index in [2.05, 4.69) is 16.8 Å². The highest BCUT2D eigenvalue weighted by Crippen LogP contribution is 2.25. The minimum atomic E-state index is -0.241. The van der Waals surface area contributed by atoms with Crippen molar-refractivity contribution in [3.05, 3.63) is 40.5 Å². The van der Waals surface area contributed by atoms with Crippen molar-refractivity contribution in [3.63, 3.8) is 0 Å². The third kappa shape index (κ3) is 7.68. The van der Waals surface area contributed by atoms with Gasteiger partial charge in [-0.2, -0.15) is 4.98 Å². The van der Waals surface area contributed by atoms with Gasteiger partial charge in [-0.15, -0.1) is 0 Å². The Kier molecular flexibility index (Phi) is 10.9. The Bertz CT molecular complexity index is 823. The molecule has 2 aromatic rings. The van der Waals surface area contributed by atoms with Crippen LogP contribution >= 0.6 is 11.6 Å². The Hall–Kier alpha value is -2.58. The van der Waals surface area contributed by atoms with Crippen molar-refractivity contribution >= 4 is 35.7 Å². The summed E-state index contributed by atoms with van der Waals surface area (Å²) in [6.07, 6.45) is 2.17. The Morgan fingerprint density at radius 2 is 1.93 bits per heavy atom. The number of rotatable bonds is 9. The number of benzene rings is 1. The molecule has 0 aliphatic heterocycles. The highest BCUT2D eigenvalue weighted by Gasteiger charge is 2.16. The molecule has 8 nitrogen and oxygen atoms in total. The number of anilines is 2. The normalized spacial score (nSPS) is 10.1. The fourth-order valence-electron chi connectivity index (χ4n) is 2.58. The maximum Gasteiger partial charge on any atom is 0.225 e. The molecule has 9 heteroatoms. The first-order chi connectivity index (χ1) is 14.2. The molecule has 0 atom stereocenters. The van der Waals surface area contributed by atoms with Gasteiger partial charge in [-0.1, -0.05) is 29.8 Å². The highest BCUT2D eigenvalue weighted by atomic mass is 35.5. The fourth-order valence-corrected chi connectivity index (χ4v) is 2.78. The van der Waals surface area contributed by atoms with Gasteiger partial charge in [0.25, 0.3) is 0 Å². The summed E-state index contributed by atoms with van der Waals surface area (Å²) in [5.41, 5.74) is 2.16. The summed E-state index contributed by atoms with van der Waals surface area (Å²) in [5.74, 6) is 1.54. The molecule has 0 saturated heterocycles. The molecule has 0 aliphatic rings. The number of halogens is 1. The topological polar surface area (TPSA) is 90.7 Å². The summed E-state index contributed by atoms with van der Waals surface area (Å²) >= 11 is 6.30. The summed E-state index contributed by atoms with van der Waals surface area (Å²) in [6.45, 7) is 5.07. The number of hydrogen-bond acceptors (Lipinski definition) is 6. The molecule has 0 saturated carbocycles. The number of carbonyl (C=O) groups is 2. The maximum atomic E-state index is 10.1. The lowest BCUT2D eigenvalue weighted by molar-refractivity contribution is -0.134. The quantitative estimate of drug-likeness (QED) is 0.463. The van der Waals surface area contributed by atoms with Gasteiger partial charge in [0.05, 0.1) is 12.2 Å². The zero-order valence-corrected chi connectivity index (χ0v) is 19.1. The third-order valence-electron chi connectivity index (χ3n) is 4.43. The van der Waals surface area contributed by atoms with Gasteiger partial charge in [0.1, 0.15) is 0 Å². The monoisotopic (exact) mass is 437 g/mol. The lowest BCUT2D eigenvalue weighted by atomic mass is 10.2. The lowest BCUT2D eigenvalue weighted by Gasteiger charge is -2.13. The van der Waals surface area contributed by atoms with Crippen LogP contribution in [0.2, 0.25) is 5.02 Å². The van der Waals surface area contributed by atoms with Crippen molar-refractivity contribution in [2.24, 2.45) is 0 Å². The van der Waals surface area contributed by atoms with Gasteiger partial charge in [0.15, 0.2) is 5.82 Å². The average molecular weight is 438 g/mol. The minimum absolute atomic E-state index is 0.220. The van der Waals surface area contributed by atoms with Crippen LogP contribution in [-0.4, -0.2) is 66.2 Å². The van der Waals surface area contributed by atoms with Gasteiger partial charge < -0.3 is 19.9 Å². The van der Waals surface area contributed by atoms with E-state index in [1.165, 1.54) is 14.0 Å². The number of aliphatic hydroxyl groups is 1. The lowest BCUT2D eigenvalue weighted by Crippen LogP contribution is -2.21. The summed E-state index contributed by atoms with van der Waals surface area (Å²) in [7, 11) is 5.39. The second kappa shape index (κ2) is 12.9. The molecule has 1 aromatic carbocycles. The van der Waals surface area contributed by atoms with Crippen molar-refractivity contribution in [2.75, 3.05) is 44.5 Å². The van der Waals surface area contributed by atoms with Gasteiger partial charge >= 0.3 is 0 Å². The first-order valence-electron chi connectivity index (χ1n) is 9.74. The first-order valence-corrected chi connectivity index (χ1v) is 10.1. The Morgan fingerprint density at radius 3 is 2.43 bits per heavy atom. The van der Waals surface area contributed by atoms with Gasteiger partial charge in [-0.25, -0.2) is 0 Å². The smallest absolute Gasteiger partial charge is 0.225 e. The number of imidazole rings is 1. The van der Waals surface area contributed by atoms with Crippen molar-refractivity contribution < 1.29 is 14.7 Å². The van der Waals surface area contributed by atoms with E-state index in [0.717, 1.165) is 52.3 Å². The molecule has 0 aliphatic carbocycles. The van der Waals surface area contributed by atoms with Crippen molar-refractivity contribution in [1.82, 2.24) is 14.5 Å². The first kappa shape index (κ1) is 25.5. The second-order valence-electron chi connectivity index (χ2n) is 7.01. The Labute approximate surface area is 183 Å². The van der Waals surface area contributed by atoms with E-state index in [9.17, 15) is 9.59 Å². The van der Waals surface area contributed by atoms with E-state index < -0.39 is 0 Å². The molecule has 1 heterocycles. The number of amides is 2. The molecular weight excluding hydrogens is 406 g/mol. The van der Waals surface area contributed by atoms with Crippen LogP contribution in [0.5, 0.6) is 0 Å². The van der Waals surface area contributed by atoms with E-state index in [1.807, 2.05) is 43.3 Å². The molecule has 0 unspecified atom stereocenters.